The van der Waals surface area contributed by atoms with Crippen molar-refractivity contribution in [1.82, 2.24) is 25.6 Å². The highest BCUT2D eigenvalue weighted by Crippen LogP contribution is 2.31. The maximum absolute atomic E-state index is 12.8. The zero-order valence-corrected chi connectivity index (χ0v) is 18.5. The summed E-state index contributed by atoms with van der Waals surface area (Å²) in [5.41, 5.74) is 7.65. The number of nitrogens with one attached hydrogen (secondary N) is 3. The van der Waals surface area contributed by atoms with Crippen molar-refractivity contribution < 1.29 is 9.59 Å². The predicted molar refractivity (Wildman–Crippen MR) is 129 cm³/mol. The molecule has 3 aromatic carbocycles. The maximum Gasteiger partial charge on any atom is 0.270 e. The van der Waals surface area contributed by atoms with E-state index in [0.717, 1.165) is 33.4 Å². The number of nitrogens with two attached hydrogens (primary N) is 1. The van der Waals surface area contributed by atoms with Crippen LogP contribution in [0.2, 0.25) is 0 Å². The maximum atomic E-state index is 12.8. The molecule has 0 saturated heterocycles. The third-order valence-electron chi connectivity index (χ3n) is 5.06. The average molecular weight is 471 g/mol. The highest BCUT2D eigenvalue weighted by Gasteiger charge is 2.19. The highest BCUT2D eigenvalue weighted by atomic mass is 32.1. The Morgan fingerprint density at radius 2 is 1.79 bits per heavy atom. The number of anilines is 3. The molecule has 0 unspecified atom stereocenters. The van der Waals surface area contributed by atoms with E-state index in [0.29, 0.717) is 22.9 Å². The second-order valence-electron chi connectivity index (χ2n) is 7.40. The van der Waals surface area contributed by atoms with Gasteiger partial charge < -0.3 is 16.4 Å². The van der Waals surface area contributed by atoms with Gasteiger partial charge in [0.2, 0.25) is 0 Å². The van der Waals surface area contributed by atoms with E-state index in [1.807, 2.05) is 42.5 Å². The van der Waals surface area contributed by atoms with Gasteiger partial charge >= 0.3 is 0 Å². The number of thiazole rings is 1. The van der Waals surface area contributed by atoms with E-state index in [1.54, 1.807) is 24.3 Å². The van der Waals surface area contributed by atoms with Crippen molar-refractivity contribution in [2.24, 2.45) is 5.73 Å². The number of aromatic nitrogens is 5. The van der Waals surface area contributed by atoms with Gasteiger partial charge in [0.15, 0.2) is 16.6 Å². The van der Waals surface area contributed by atoms with Crippen molar-refractivity contribution >= 4 is 49.7 Å². The van der Waals surface area contributed by atoms with Gasteiger partial charge in [-0.15, -0.1) is 10.2 Å². The molecule has 0 saturated carbocycles. The summed E-state index contributed by atoms with van der Waals surface area (Å²) in [5.74, 6) is -0.553. The number of aromatic amines is 1. The Hall–Kier alpha value is -4.64. The van der Waals surface area contributed by atoms with Crippen LogP contribution in [0.5, 0.6) is 0 Å². The Balaban J connectivity index is 1.32. The van der Waals surface area contributed by atoms with Crippen LogP contribution >= 0.6 is 11.3 Å². The van der Waals surface area contributed by atoms with E-state index < -0.39 is 5.91 Å². The summed E-state index contributed by atoms with van der Waals surface area (Å²) < 4.78 is 0. The van der Waals surface area contributed by atoms with Crippen LogP contribution in [0, 0.1) is 0 Å². The van der Waals surface area contributed by atoms with Gasteiger partial charge in [-0.3, -0.25) is 9.59 Å². The molecule has 0 aliphatic rings. The van der Waals surface area contributed by atoms with E-state index in [4.69, 9.17) is 5.73 Å². The van der Waals surface area contributed by atoms with Crippen LogP contribution in [-0.2, 0) is 6.42 Å². The quantitative estimate of drug-likeness (QED) is 0.284. The minimum absolute atomic E-state index is 0.00429. The fraction of sp³-hybridized carbons (Fsp3) is 0.0435. The van der Waals surface area contributed by atoms with Gasteiger partial charge in [0.25, 0.3) is 11.8 Å². The summed E-state index contributed by atoms with van der Waals surface area (Å²) in [5, 5.41) is 22.6. The number of benzene rings is 3. The number of fused-ring (bicyclic) bond motifs is 1. The van der Waals surface area contributed by atoms with Gasteiger partial charge in [0, 0.05) is 17.7 Å². The van der Waals surface area contributed by atoms with E-state index in [2.05, 4.69) is 36.2 Å². The molecule has 11 heteroatoms. The first-order chi connectivity index (χ1) is 16.5. The van der Waals surface area contributed by atoms with Gasteiger partial charge in [-0.1, -0.05) is 59.0 Å². The number of nitrogens with zero attached hydrogens (tertiary/aromatic N) is 4. The van der Waals surface area contributed by atoms with Crippen LogP contribution in [0.4, 0.5) is 15.8 Å². The zero-order chi connectivity index (χ0) is 23.5. The molecule has 0 spiro atoms. The van der Waals surface area contributed by atoms with Crippen molar-refractivity contribution in [3.8, 4) is 0 Å². The number of hydrogen-bond donors (Lipinski definition) is 4. The SMILES string of the molecule is NC(=O)c1nc(Nc2ccc3ccccc3c2)sc1NC(=O)c1ccc(Cc2nn[nH]n2)cc1. The molecule has 2 aromatic heterocycles. The van der Waals surface area contributed by atoms with Gasteiger partial charge in [-0.2, -0.15) is 5.21 Å². The lowest BCUT2D eigenvalue weighted by Crippen LogP contribution is -2.17. The molecule has 0 atom stereocenters. The molecule has 5 rings (SSSR count). The van der Waals surface area contributed by atoms with Gasteiger partial charge in [-0.25, -0.2) is 4.98 Å². The molecule has 5 aromatic rings. The second-order valence-corrected chi connectivity index (χ2v) is 8.40. The topological polar surface area (TPSA) is 152 Å². The number of carbonyl (C=O) groups excluding carboxylic acids is 2. The number of H-pyrrole nitrogens is 1. The minimum Gasteiger partial charge on any atom is -0.364 e. The van der Waals surface area contributed by atoms with Crippen LogP contribution in [0.1, 0.15) is 32.2 Å². The van der Waals surface area contributed by atoms with Crippen LogP contribution in [-0.4, -0.2) is 37.4 Å². The normalized spacial score (nSPS) is 10.8. The highest BCUT2D eigenvalue weighted by molar-refractivity contribution is 7.20. The molecular formula is C23H18N8O2S. The Morgan fingerprint density at radius 3 is 2.53 bits per heavy atom. The third-order valence-corrected chi connectivity index (χ3v) is 5.94. The molecule has 0 aliphatic heterocycles. The molecule has 0 aliphatic carbocycles. The first-order valence-electron chi connectivity index (χ1n) is 10.2. The number of carbonyl (C=O) groups is 2. The van der Waals surface area contributed by atoms with Crippen molar-refractivity contribution in [3.63, 3.8) is 0 Å². The van der Waals surface area contributed by atoms with Crippen molar-refractivity contribution in [2.45, 2.75) is 6.42 Å². The van der Waals surface area contributed by atoms with Gasteiger partial charge in [0.05, 0.1) is 0 Å². The molecule has 168 valence electrons. The molecule has 5 N–H and O–H groups in total. The van der Waals surface area contributed by atoms with Crippen LogP contribution < -0.4 is 16.4 Å². The fourth-order valence-corrected chi connectivity index (χ4v) is 4.29. The molecule has 2 amide bonds. The third kappa shape index (κ3) is 4.59. The van der Waals surface area contributed by atoms with Gasteiger partial charge in [0.1, 0.15) is 5.00 Å². The number of hydrogen-bond acceptors (Lipinski definition) is 8. The van der Waals surface area contributed by atoms with Crippen molar-refractivity contribution in [2.75, 3.05) is 10.6 Å². The van der Waals surface area contributed by atoms with E-state index in [1.165, 1.54) is 0 Å². The minimum atomic E-state index is -0.728. The molecule has 10 nitrogen and oxygen atoms in total. The number of rotatable bonds is 7. The van der Waals surface area contributed by atoms with Crippen molar-refractivity contribution in [3.05, 3.63) is 89.4 Å². The standard InChI is InChI=1S/C23H18N8O2S/c24-20(32)19-22(27-21(33)15-7-5-13(6-8-15)11-18-28-30-31-29-18)34-23(26-19)25-17-10-9-14-3-1-2-4-16(14)12-17/h1-10,12H,11H2,(H2,24,32)(H,25,26)(H,27,33)(H,28,29,30,31). The van der Waals surface area contributed by atoms with Crippen molar-refractivity contribution in [1.29, 1.82) is 0 Å². The van der Waals surface area contributed by atoms with E-state index in [9.17, 15) is 9.59 Å². The summed E-state index contributed by atoms with van der Waals surface area (Å²) >= 11 is 1.14. The molecule has 0 bridgehead atoms. The Morgan fingerprint density at radius 1 is 1.00 bits per heavy atom. The second kappa shape index (κ2) is 9.08. The Kier molecular flexibility index (Phi) is 5.67. The fourth-order valence-electron chi connectivity index (χ4n) is 3.41. The van der Waals surface area contributed by atoms with Gasteiger partial charge in [-0.05, 0) is 40.6 Å². The summed E-state index contributed by atoms with van der Waals surface area (Å²) in [7, 11) is 0. The number of tetrazole rings is 1. The molecule has 34 heavy (non-hydrogen) atoms. The van der Waals surface area contributed by atoms with E-state index >= 15 is 0 Å². The Labute approximate surface area is 197 Å². The van der Waals surface area contributed by atoms with Crippen LogP contribution in [0.15, 0.2) is 66.7 Å². The summed E-state index contributed by atoms with van der Waals surface area (Å²) in [6.07, 6.45) is 0.489. The zero-order valence-electron chi connectivity index (χ0n) is 17.6. The first kappa shape index (κ1) is 21.2. The predicted octanol–water partition coefficient (Wildman–Crippen LogP) is 3.50. The smallest absolute Gasteiger partial charge is 0.270 e. The van der Waals surface area contributed by atoms with Crippen LogP contribution in [0.25, 0.3) is 10.8 Å². The number of amides is 2. The summed E-state index contributed by atoms with van der Waals surface area (Å²) in [6, 6.07) is 20.9. The monoisotopic (exact) mass is 470 g/mol. The van der Waals surface area contributed by atoms with Crippen LogP contribution in [0.3, 0.4) is 0 Å². The first-order valence-corrected chi connectivity index (χ1v) is 11.1. The lowest BCUT2D eigenvalue weighted by molar-refractivity contribution is 0.0997. The molecule has 2 heterocycles. The summed E-state index contributed by atoms with van der Waals surface area (Å²) in [6.45, 7) is 0. The van der Waals surface area contributed by atoms with E-state index in [-0.39, 0.29) is 16.6 Å². The lowest BCUT2D eigenvalue weighted by Gasteiger charge is -2.05. The largest absolute Gasteiger partial charge is 0.364 e. The molecule has 0 fully saturated rings. The Bertz CT molecular complexity index is 1480. The molecular weight excluding hydrogens is 452 g/mol. The summed E-state index contributed by atoms with van der Waals surface area (Å²) in [4.78, 5) is 29.0. The average Bonchev–Trinajstić information content (AvgIpc) is 3.49. The molecule has 0 radical (unpaired) electrons. The lowest BCUT2D eigenvalue weighted by atomic mass is 10.1. The number of primary amides is 1.